The largest absolute Gasteiger partial charge is 0.330 e. The van der Waals surface area contributed by atoms with Crippen molar-refractivity contribution in [1.82, 2.24) is 4.90 Å². The first kappa shape index (κ1) is 12.8. The van der Waals surface area contributed by atoms with Gasteiger partial charge in [0.15, 0.2) is 0 Å². The van der Waals surface area contributed by atoms with Crippen molar-refractivity contribution >= 4 is 0 Å². The molecule has 1 unspecified atom stereocenters. The van der Waals surface area contributed by atoms with Crippen molar-refractivity contribution in [3.63, 3.8) is 0 Å². The van der Waals surface area contributed by atoms with Gasteiger partial charge in [-0.1, -0.05) is 13.3 Å². The van der Waals surface area contributed by atoms with Gasteiger partial charge in [-0.15, -0.1) is 0 Å². The zero-order chi connectivity index (χ0) is 10.3. The Hall–Kier alpha value is -0.220. The molecule has 0 amide bonds. The summed E-state index contributed by atoms with van der Waals surface area (Å²) in [6, 6.07) is 0. The molecule has 0 heterocycles. The first-order valence-electron chi connectivity index (χ1n) is 4.76. The highest BCUT2D eigenvalue weighted by Crippen LogP contribution is 2.07. The standard InChI is InChI=1S/C9H20F2N2/c1-3-4-8(5-12)6-13(2)7-9(10)11/h8-9H,3-7,12H2,1-2H3. The summed E-state index contributed by atoms with van der Waals surface area (Å²) >= 11 is 0. The lowest BCUT2D eigenvalue weighted by Crippen LogP contribution is -2.33. The maximum atomic E-state index is 12.0. The third-order valence-corrected chi connectivity index (χ3v) is 2.05. The van der Waals surface area contributed by atoms with Crippen LogP contribution < -0.4 is 5.73 Å². The summed E-state index contributed by atoms with van der Waals surface area (Å²) in [4.78, 5) is 1.65. The number of nitrogens with two attached hydrogens (primary N) is 1. The van der Waals surface area contributed by atoms with Gasteiger partial charge in [0.25, 0.3) is 6.43 Å². The summed E-state index contributed by atoms with van der Waals surface area (Å²) in [5.74, 6) is 0.355. The molecule has 2 nitrogen and oxygen atoms in total. The maximum Gasteiger partial charge on any atom is 0.251 e. The van der Waals surface area contributed by atoms with E-state index in [9.17, 15) is 8.78 Å². The molecule has 0 saturated heterocycles. The average Bonchev–Trinajstić information content (AvgIpc) is 2.02. The van der Waals surface area contributed by atoms with E-state index in [1.165, 1.54) is 0 Å². The Labute approximate surface area is 79.1 Å². The predicted molar refractivity (Wildman–Crippen MR) is 51.0 cm³/mol. The van der Waals surface area contributed by atoms with Crippen LogP contribution in [0.3, 0.4) is 0 Å². The van der Waals surface area contributed by atoms with Crippen LogP contribution in [0.25, 0.3) is 0 Å². The average molecular weight is 194 g/mol. The van der Waals surface area contributed by atoms with Crippen molar-refractivity contribution in [3.8, 4) is 0 Å². The van der Waals surface area contributed by atoms with Gasteiger partial charge < -0.3 is 10.6 Å². The highest BCUT2D eigenvalue weighted by molar-refractivity contribution is 4.64. The van der Waals surface area contributed by atoms with Gasteiger partial charge in [0.1, 0.15) is 0 Å². The molecule has 0 aromatic heterocycles. The molecule has 0 radical (unpaired) electrons. The first-order valence-corrected chi connectivity index (χ1v) is 4.76. The van der Waals surface area contributed by atoms with Crippen LogP contribution >= 0.6 is 0 Å². The van der Waals surface area contributed by atoms with E-state index in [2.05, 4.69) is 6.92 Å². The lowest BCUT2D eigenvalue weighted by molar-refractivity contribution is 0.0929. The molecule has 0 aliphatic carbocycles. The van der Waals surface area contributed by atoms with Crippen molar-refractivity contribution in [2.24, 2.45) is 11.7 Å². The number of hydrogen-bond donors (Lipinski definition) is 1. The van der Waals surface area contributed by atoms with E-state index < -0.39 is 6.43 Å². The predicted octanol–water partition coefficient (Wildman–Crippen LogP) is 1.56. The molecule has 0 rings (SSSR count). The molecule has 0 aliphatic heterocycles. The minimum absolute atomic E-state index is 0.153. The summed E-state index contributed by atoms with van der Waals surface area (Å²) in [6.45, 7) is 3.19. The number of hydrogen-bond acceptors (Lipinski definition) is 2. The monoisotopic (exact) mass is 194 g/mol. The minimum atomic E-state index is -2.25. The van der Waals surface area contributed by atoms with Crippen molar-refractivity contribution in [2.75, 3.05) is 26.7 Å². The Kier molecular flexibility index (Phi) is 7.09. The molecule has 0 aromatic carbocycles. The zero-order valence-electron chi connectivity index (χ0n) is 8.47. The van der Waals surface area contributed by atoms with Crippen LogP contribution in [0.4, 0.5) is 8.78 Å². The van der Waals surface area contributed by atoms with E-state index in [4.69, 9.17) is 5.73 Å². The maximum absolute atomic E-state index is 12.0. The fourth-order valence-electron chi connectivity index (χ4n) is 1.44. The SMILES string of the molecule is CCCC(CN)CN(C)CC(F)F. The van der Waals surface area contributed by atoms with Crippen LogP contribution in [-0.2, 0) is 0 Å². The molecule has 0 aromatic rings. The highest BCUT2D eigenvalue weighted by Gasteiger charge is 2.12. The number of nitrogens with zero attached hydrogens (tertiary/aromatic N) is 1. The molecule has 4 heteroatoms. The Morgan fingerprint density at radius 1 is 1.31 bits per heavy atom. The van der Waals surface area contributed by atoms with E-state index >= 15 is 0 Å². The molecule has 0 saturated carbocycles. The molecule has 0 bridgehead atoms. The second-order valence-corrected chi connectivity index (χ2v) is 3.50. The van der Waals surface area contributed by atoms with Crippen LogP contribution in [0, 0.1) is 5.92 Å². The van der Waals surface area contributed by atoms with Crippen LogP contribution in [0.1, 0.15) is 19.8 Å². The van der Waals surface area contributed by atoms with Crippen molar-refractivity contribution < 1.29 is 8.78 Å². The summed E-state index contributed by atoms with van der Waals surface area (Å²) in [5, 5.41) is 0. The van der Waals surface area contributed by atoms with Gasteiger partial charge in [-0.25, -0.2) is 8.78 Å². The van der Waals surface area contributed by atoms with Crippen molar-refractivity contribution in [3.05, 3.63) is 0 Å². The Bertz CT molecular complexity index is 120. The van der Waals surface area contributed by atoms with Gasteiger partial charge in [0.2, 0.25) is 0 Å². The Morgan fingerprint density at radius 3 is 2.31 bits per heavy atom. The quantitative estimate of drug-likeness (QED) is 0.666. The molecule has 0 fully saturated rings. The summed E-state index contributed by atoms with van der Waals surface area (Å²) in [6.07, 6.45) is -0.167. The molecule has 0 spiro atoms. The fraction of sp³-hybridized carbons (Fsp3) is 1.00. The van der Waals surface area contributed by atoms with Crippen LogP contribution in [-0.4, -0.2) is 38.0 Å². The Balaban J connectivity index is 3.65. The van der Waals surface area contributed by atoms with Crippen LogP contribution in [0.5, 0.6) is 0 Å². The zero-order valence-corrected chi connectivity index (χ0v) is 8.47. The van der Waals surface area contributed by atoms with E-state index in [-0.39, 0.29) is 6.54 Å². The molecule has 2 N–H and O–H groups in total. The van der Waals surface area contributed by atoms with Gasteiger partial charge in [-0.05, 0) is 25.9 Å². The van der Waals surface area contributed by atoms with Crippen LogP contribution in [0.15, 0.2) is 0 Å². The van der Waals surface area contributed by atoms with Crippen molar-refractivity contribution in [2.45, 2.75) is 26.2 Å². The summed E-state index contributed by atoms with van der Waals surface area (Å²) < 4.78 is 23.9. The fourth-order valence-corrected chi connectivity index (χ4v) is 1.44. The molecule has 13 heavy (non-hydrogen) atoms. The minimum Gasteiger partial charge on any atom is -0.330 e. The number of halogens is 2. The summed E-state index contributed by atoms with van der Waals surface area (Å²) in [5.41, 5.74) is 5.52. The molecular weight excluding hydrogens is 174 g/mol. The van der Waals surface area contributed by atoms with Gasteiger partial charge in [0.05, 0.1) is 6.54 Å². The van der Waals surface area contributed by atoms with E-state index in [1.54, 1.807) is 11.9 Å². The number of alkyl halides is 2. The van der Waals surface area contributed by atoms with Crippen LogP contribution in [0.2, 0.25) is 0 Å². The third kappa shape index (κ3) is 6.90. The van der Waals surface area contributed by atoms with Crippen molar-refractivity contribution in [1.29, 1.82) is 0 Å². The van der Waals surface area contributed by atoms with Gasteiger partial charge in [0, 0.05) is 6.54 Å². The third-order valence-electron chi connectivity index (χ3n) is 2.05. The second-order valence-electron chi connectivity index (χ2n) is 3.50. The van der Waals surface area contributed by atoms with Gasteiger partial charge in [-0.3, -0.25) is 0 Å². The van der Waals surface area contributed by atoms with E-state index in [0.717, 1.165) is 12.8 Å². The molecule has 0 aliphatic rings. The highest BCUT2D eigenvalue weighted by atomic mass is 19.3. The molecule has 80 valence electrons. The smallest absolute Gasteiger partial charge is 0.251 e. The lowest BCUT2D eigenvalue weighted by atomic mass is 10.0. The summed E-state index contributed by atoms with van der Waals surface area (Å²) in [7, 11) is 1.71. The first-order chi connectivity index (χ1) is 6.10. The van der Waals surface area contributed by atoms with Gasteiger partial charge >= 0.3 is 0 Å². The number of rotatable bonds is 7. The van der Waals surface area contributed by atoms with Gasteiger partial charge in [-0.2, -0.15) is 0 Å². The van der Waals surface area contributed by atoms with E-state index in [1.807, 2.05) is 0 Å². The lowest BCUT2D eigenvalue weighted by Gasteiger charge is -2.22. The van der Waals surface area contributed by atoms with E-state index in [0.29, 0.717) is 19.0 Å². The molecule has 1 atom stereocenters. The molecular formula is C9H20F2N2. The Morgan fingerprint density at radius 2 is 1.92 bits per heavy atom. The normalized spacial score (nSPS) is 14.1. The second kappa shape index (κ2) is 7.21. The topological polar surface area (TPSA) is 29.3 Å².